The highest BCUT2D eigenvalue weighted by Gasteiger charge is 2.32. The predicted octanol–water partition coefficient (Wildman–Crippen LogP) is 2.14. The summed E-state index contributed by atoms with van der Waals surface area (Å²) in [5.74, 6) is 0.745. The van der Waals surface area contributed by atoms with E-state index in [-0.39, 0.29) is 23.5 Å². The van der Waals surface area contributed by atoms with E-state index in [9.17, 15) is 13.2 Å². The fourth-order valence-corrected chi connectivity index (χ4v) is 4.48. The summed E-state index contributed by atoms with van der Waals surface area (Å²) in [6.45, 7) is 4.32. The molecule has 0 bridgehead atoms. The van der Waals surface area contributed by atoms with Crippen molar-refractivity contribution in [2.75, 3.05) is 18.6 Å². The Hall–Kier alpha value is -1.36. The molecule has 2 rings (SSSR count). The maximum absolute atomic E-state index is 12.4. The second-order valence-corrected chi connectivity index (χ2v) is 8.50. The number of carbonyl (C=O) groups excluding carboxylic acids is 1. The lowest BCUT2D eigenvalue weighted by Crippen LogP contribution is -2.37. The Balaban J connectivity index is 2.06. The van der Waals surface area contributed by atoms with Gasteiger partial charge in [0.25, 0.3) is 5.91 Å². The third-order valence-electron chi connectivity index (χ3n) is 3.92. The number of sulfone groups is 1. The quantitative estimate of drug-likeness (QED) is 0.856. The topological polar surface area (TPSA) is 54.5 Å². The summed E-state index contributed by atoms with van der Waals surface area (Å²) < 4.78 is 23.0. The summed E-state index contributed by atoms with van der Waals surface area (Å²) >= 11 is 0. The second kappa shape index (κ2) is 6.18. The molecule has 1 unspecified atom stereocenters. The van der Waals surface area contributed by atoms with Crippen molar-refractivity contribution in [1.29, 1.82) is 0 Å². The van der Waals surface area contributed by atoms with Crippen LogP contribution in [0.25, 0.3) is 0 Å². The molecule has 1 atom stereocenters. The molecule has 0 saturated carbocycles. The third-order valence-corrected chi connectivity index (χ3v) is 5.67. The van der Waals surface area contributed by atoms with Crippen molar-refractivity contribution in [1.82, 2.24) is 4.90 Å². The molecule has 0 spiro atoms. The van der Waals surface area contributed by atoms with Crippen molar-refractivity contribution in [3.05, 3.63) is 35.4 Å². The number of nitrogens with zero attached hydrogens (tertiary/aromatic N) is 1. The van der Waals surface area contributed by atoms with Crippen molar-refractivity contribution >= 4 is 15.7 Å². The molecular weight excluding hydrogens is 286 g/mol. The van der Waals surface area contributed by atoms with Crippen LogP contribution in [0.4, 0.5) is 0 Å². The van der Waals surface area contributed by atoms with E-state index in [4.69, 9.17) is 0 Å². The number of hydrogen-bond acceptors (Lipinski definition) is 3. The number of rotatable bonds is 4. The maximum atomic E-state index is 12.4. The molecule has 21 heavy (non-hydrogen) atoms. The van der Waals surface area contributed by atoms with Gasteiger partial charge in [-0.25, -0.2) is 8.42 Å². The smallest absolute Gasteiger partial charge is 0.253 e. The van der Waals surface area contributed by atoms with Gasteiger partial charge in [-0.2, -0.15) is 0 Å². The highest BCUT2D eigenvalue weighted by Crippen LogP contribution is 2.19. The number of hydrogen-bond donors (Lipinski definition) is 0. The Kier molecular flexibility index (Phi) is 4.71. The number of amides is 1. The molecule has 1 aromatic rings. The fraction of sp³-hybridized carbons (Fsp3) is 0.562. The average molecular weight is 309 g/mol. The van der Waals surface area contributed by atoms with Crippen molar-refractivity contribution in [2.45, 2.75) is 32.7 Å². The van der Waals surface area contributed by atoms with Crippen LogP contribution in [0.15, 0.2) is 24.3 Å². The van der Waals surface area contributed by atoms with Crippen LogP contribution in [0, 0.1) is 5.92 Å². The minimum absolute atomic E-state index is 0.0840. The molecule has 1 aliphatic rings. The van der Waals surface area contributed by atoms with Crippen LogP contribution in [0.5, 0.6) is 0 Å². The first-order chi connectivity index (χ1) is 9.78. The minimum Gasteiger partial charge on any atom is -0.338 e. The average Bonchev–Trinajstić information content (AvgIpc) is 2.77. The summed E-state index contributed by atoms with van der Waals surface area (Å²) in [5.41, 5.74) is 1.84. The first kappa shape index (κ1) is 16.0. The van der Waals surface area contributed by atoms with Crippen LogP contribution in [0.1, 0.15) is 36.2 Å². The van der Waals surface area contributed by atoms with Crippen LogP contribution in [0.2, 0.25) is 0 Å². The molecule has 0 aromatic heterocycles. The predicted molar refractivity (Wildman–Crippen MR) is 84.1 cm³/mol. The highest BCUT2D eigenvalue weighted by molar-refractivity contribution is 7.91. The van der Waals surface area contributed by atoms with Gasteiger partial charge in [0.05, 0.1) is 11.5 Å². The zero-order chi connectivity index (χ0) is 15.6. The Morgan fingerprint density at radius 1 is 1.29 bits per heavy atom. The van der Waals surface area contributed by atoms with Crippen molar-refractivity contribution in [3.8, 4) is 0 Å². The van der Waals surface area contributed by atoms with E-state index >= 15 is 0 Å². The molecule has 5 heteroatoms. The molecule has 4 nitrogen and oxygen atoms in total. The van der Waals surface area contributed by atoms with Crippen molar-refractivity contribution in [3.63, 3.8) is 0 Å². The summed E-state index contributed by atoms with van der Waals surface area (Å²) in [5, 5.41) is 0. The zero-order valence-corrected chi connectivity index (χ0v) is 13.7. The highest BCUT2D eigenvalue weighted by atomic mass is 32.2. The van der Waals surface area contributed by atoms with Crippen LogP contribution >= 0.6 is 0 Å². The largest absolute Gasteiger partial charge is 0.338 e. The molecule has 116 valence electrons. The van der Waals surface area contributed by atoms with E-state index in [0.717, 1.165) is 6.42 Å². The zero-order valence-electron chi connectivity index (χ0n) is 12.9. The van der Waals surface area contributed by atoms with Gasteiger partial charge in [0.1, 0.15) is 0 Å². The molecule has 1 fully saturated rings. The number of benzene rings is 1. The molecule has 0 N–H and O–H groups in total. The monoisotopic (exact) mass is 309 g/mol. The van der Waals surface area contributed by atoms with Gasteiger partial charge in [-0.15, -0.1) is 0 Å². The van der Waals surface area contributed by atoms with Crippen LogP contribution in [0.3, 0.4) is 0 Å². The normalized spacial score (nSPS) is 20.7. The summed E-state index contributed by atoms with van der Waals surface area (Å²) in [7, 11) is -1.28. The Morgan fingerprint density at radius 3 is 2.38 bits per heavy atom. The lowest BCUT2D eigenvalue weighted by atomic mass is 10.0. The summed E-state index contributed by atoms with van der Waals surface area (Å²) in [4.78, 5) is 14.0. The molecule has 1 aromatic carbocycles. The first-order valence-electron chi connectivity index (χ1n) is 7.35. The summed E-state index contributed by atoms with van der Waals surface area (Å²) in [6.07, 6.45) is 1.53. The van der Waals surface area contributed by atoms with Gasteiger partial charge < -0.3 is 4.90 Å². The van der Waals surface area contributed by atoms with E-state index in [1.165, 1.54) is 5.56 Å². The van der Waals surface area contributed by atoms with Crippen molar-refractivity contribution in [2.24, 2.45) is 5.92 Å². The number of carbonyl (C=O) groups is 1. The van der Waals surface area contributed by atoms with Gasteiger partial charge in [-0.3, -0.25) is 4.79 Å². The summed E-state index contributed by atoms with van der Waals surface area (Å²) in [6, 6.07) is 7.43. The lowest BCUT2D eigenvalue weighted by molar-refractivity contribution is 0.0747. The van der Waals surface area contributed by atoms with E-state index < -0.39 is 9.84 Å². The Labute approximate surface area is 127 Å². The SMILES string of the molecule is CC(C)Cc1ccc(C(=O)N(C)C2CCS(=O)(=O)C2)cc1. The maximum Gasteiger partial charge on any atom is 0.253 e. The molecule has 1 heterocycles. The molecule has 0 radical (unpaired) electrons. The van der Waals surface area contributed by atoms with E-state index in [2.05, 4.69) is 13.8 Å². The van der Waals surface area contributed by atoms with Gasteiger partial charge in [0.15, 0.2) is 9.84 Å². The van der Waals surface area contributed by atoms with Gasteiger partial charge >= 0.3 is 0 Å². The van der Waals surface area contributed by atoms with Gasteiger partial charge in [0, 0.05) is 18.7 Å². The molecule has 0 aliphatic carbocycles. The minimum atomic E-state index is -2.97. The first-order valence-corrected chi connectivity index (χ1v) is 9.17. The van der Waals surface area contributed by atoms with E-state index in [0.29, 0.717) is 17.9 Å². The van der Waals surface area contributed by atoms with E-state index in [1.807, 2.05) is 24.3 Å². The standard InChI is InChI=1S/C16H23NO3S/c1-12(2)10-13-4-6-14(7-5-13)16(18)17(3)15-8-9-21(19,20)11-15/h4-7,12,15H,8-11H2,1-3H3. The second-order valence-electron chi connectivity index (χ2n) is 6.27. The molecule has 1 aliphatic heterocycles. The van der Waals surface area contributed by atoms with Gasteiger partial charge in [-0.05, 0) is 36.5 Å². The van der Waals surface area contributed by atoms with Crippen LogP contribution in [-0.2, 0) is 16.3 Å². The molecule has 1 amide bonds. The van der Waals surface area contributed by atoms with Crippen LogP contribution < -0.4 is 0 Å². The Morgan fingerprint density at radius 2 is 1.90 bits per heavy atom. The van der Waals surface area contributed by atoms with Gasteiger partial charge in [0.2, 0.25) is 0 Å². The van der Waals surface area contributed by atoms with E-state index in [1.54, 1.807) is 11.9 Å². The lowest BCUT2D eigenvalue weighted by Gasteiger charge is -2.23. The Bertz CT molecular complexity index is 605. The van der Waals surface area contributed by atoms with Gasteiger partial charge in [-0.1, -0.05) is 26.0 Å². The third kappa shape index (κ3) is 4.06. The van der Waals surface area contributed by atoms with Crippen molar-refractivity contribution < 1.29 is 13.2 Å². The molecular formula is C16H23NO3S. The molecule has 1 saturated heterocycles. The fourth-order valence-electron chi connectivity index (χ4n) is 2.71. The van der Waals surface area contributed by atoms with Crippen LogP contribution in [-0.4, -0.2) is 43.8 Å².